The average molecular weight is 286 g/mol. The van der Waals surface area contributed by atoms with Crippen LogP contribution in [-0.2, 0) is 19.1 Å². The number of carbonyl (C=O) groups is 3. The Morgan fingerprint density at radius 2 is 1.90 bits per heavy atom. The Bertz CT molecular complexity index is 372. The van der Waals surface area contributed by atoms with Crippen molar-refractivity contribution in [2.24, 2.45) is 0 Å². The molecule has 0 aromatic rings. The van der Waals surface area contributed by atoms with E-state index >= 15 is 0 Å². The molecule has 1 fully saturated rings. The van der Waals surface area contributed by atoms with Crippen molar-refractivity contribution in [2.45, 2.75) is 45.7 Å². The highest BCUT2D eigenvalue weighted by Gasteiger charge is 2.37. The maximum atomic E-state index is 12.3. The van der Waals surface area contributed by atoms with Gasteiger partial charge in [0.05, 0.1) is 13.2 Å². The Morgan fingerprint density at radius 1 is 1.25 bits per heavy atom. The van der Waals surface area contributed by atoms with Crippen molar-refractivity contribution in [3.63, 3.8) is 0 Å². The second-order valence-electron chi connectivity index (χ2n) is 4.53. The molecule has 7 nitrogen and oxygen atoms in total. The van der Waals surface area contributed by atoms with E-state index in [0.29, 0.717) is 13.0 Å². The van der Waals surface area contributed by atoms with Crippen LogP contribution in [0.2, 0.25) is 0 Å². The second-order valence-corrected chi connectivity index (χ2v) is 4.53. The molecule has 1 saturated heterocycles. The molecule has 0 aromatic carbocycles. The van der Waals surface area contributed by atoms with Crippen molar-refractivity contribution >= 4 is 18.0 Å². The third kappa shape index (κ3) is 4.11. The van der Waals surface area contributed by atoms with Gasteiger partial charge >= 0.3 is 12.1 Å². The van der Waals surface area contributed by atoms with Crippen LogP contribution >= 0.6 is 0 Å². The fourth-order valence-corrected chi connectivity index (χ4v) is 2.17. The van der Waals surface area contributed by atoms with Crippen molar-refractivity contribution in [1.29, 1.82) is 0 Å². The van der Waals surface area contributed by atoms with Crippen LogP contribution in [0.1, 0.15) is 33.6 Å². The van der Waals surface area contributed by atoms with E-state index in [-0.39, 0.29) is 25.1 Å². The third-order valence-electron chi connectivity index (χ3n) is 3.07. The van der Waals surface area contributed by atoms with E-state index in [2.05, 4.69) is 5.32 Å². The Balaban J connectivity index is 2.60. The summed E-state index contributed by atoms with van der Waals surface area (Å²) >= 11 is 0. The van der Waals surface area contributed by atoms with Gasteiger partial charge in [0.25, 0.3) is 0 Å². The third-order valence-corrected chi connectivity index (χ3v) is 3.07. The lowest BCUT2D eigenvalue weighted by atomic mass is 10.2. The number of hydrogen-bond donors (Lipinski definition) is 1. The summed E-state index contributed by atoms with van der Waals surface area (Å²) in [5.41, 5.74) is 0. The Kier molecular flexibility index (Phi) is 6.27. The Labute approximate surface area is 118 Å². The number of likely N-dealkylation sites (tertiary alicyclic amines) is 1. The minimum Gasteiger partial charge on any atom is -0.464 e. The van der Waals surface area contributed by atoms with Gasteiger partial charge in [-0.15, -0.1) is 0 Å². The number of hydrogen-bond acceptors (Lipinski definition) is 5. The summed E-state index contributed by atoms with van der Waals surface area (Å²) in [5.74, 6) is -0.685. The first-order valence-electron chi connectivity index (χ1n) is 6.91. The summed E-state index contributed by atoms with van der Waals surface area (Å²) in [6.07, 6.45) is 0.707. The maximum Gasteiger partial charge on any atom is 0.407 e. The maximum absolute atomic E-state index is 12.3. The molecule has 0 spiro atoms. The molecule has 1 aliphatic heterocycles. The number of nitrogens with one attached hydrogen (secondary N) is 1. The lowest BCUT2D eigenvalue weighted by Crippen LogP contribution is -2.50. The largest absolute Gasteiger partial charge is 0.464 e. The fourth-order valence-electron chi connectivity index (χ4n) is 2.17. The fraction of sp³-hybridized carbons (Fsp3) is 0.769. The van der Waals surface area contributed by atoms with E-state index in [1.54, 1.807) is 20.8 Å². The molecule has 20 heavy (non-hydrogen) atoms. The van der Waals surface area contributed by atoms with E-state index in [9.17, 15) is 14.4 Å². The first-order valence-corrected chi connectivity index (χ1v) is 6.91. The van der Waals surface area contributed by atoms with Crippen molar-refractivity contribution < 1.29 is 23.9 Å². The summed E-state index contributed by atoms with van der Waals surface area (Å²) < 4.78 is 9.69. The first kappa shape index (κ1) is 16.3. The zero-order valence-corrected chi connectivity index (χ0v) is 12.2. The van der Waals surface area contributed by atoms with Crippen LogP contribution in [0.25, 0.3) is 0 Å². The Morgan fingerprint density at radius 3 is 2.50 bits per heavy atom. The highest BCUT2D eigenvalue weighted by molar-refractivity contribution is 5.89. The van der Waals surface area contributed by atoms with Crippen LogP contribution in [0.15, 0.2) is 0 Å². The van der Waals surface area contributed by atoms with Gasteiger partial charge in [0.15, 0.2) is 0 Å². The van der Waals surface area contributed by atoms with Crippen molar-refractivity contribution in [3.05, 3.63) is 0 Å². The monoisotopic (exact) mass is 286 g/mol. The minimum absolute atomic E-state index is 0.238. The minimum atomic E-state index is -0.732. The number of carbonyl (C=O) groups excluding carboxylic acids is 3. The molecular formula is C13H22N2O5. The van der Waals surface area contributed by atoms with Crippen LogP contribution in [0.3, 0.4) is 0 Å². The zero-order valence-electron chi connectivity index (χ0n) is 12.2. The molecule has 0 aromatic heterocycles. The molecule has 7 heteroatoms. The summed E-state index contributed by atoms with van der Waals surface area (Å²) in [7, 11) is 0. The van der Waals surface area contributed by atoms with Gasteiger partial charge in [-0.1, -0.05) is 0 Å². The van der Waals surface area contributed by atoms with Gasteiger partial charge in [-0.25, -0.2) is 9.59 Å². The molecule has 0 bridgehead atoms. The summed E-state index contributed by atoms with van der Waals surface area (Å²) in [6.45, 7) is 6.00. The van der Waals surface area contributed by atoms with E-state index in [1.807, 2.05) is 0 Å². The summed E-state index contributed by atoms with van der Waals surface area (Å²) in [6, 6.07) is -1.28. The Hall–Kier alpha value is -1.79. The number of amides is 2. The normalized spacial score (nSPS) is 19.4. The molecule has 1 aliphatic rings. The molecule has 2 atom stereocenters. The number of ether oxygens (including phenoxy) is 2. The van der Waals surface area contributed by atoms with Gasteiger partial charge < -0.3 is 19.7 Å². The SMILES string of the molecule is CCOC(=O)NC(C)C(=O)N1CCCC1C(=O)OCC. The molecule has 0 aliphatic carbocycles. The van der Waals surface area contributed by atoms with Crippen molar-refractivity contribution in [1.82, 2.24) is 10.2 Å². The van der Waals surface area contributed by atoms with E-state index < -0.39 is 18.2 Å². The predicted molar refractivity (Wildman–Crippen MR) is 71.0 cm³/mol. The van der Waals surface area contributed by atoms with Crippen LogP contribution < -0.4 is 5.32 Å². The molecular weight excluding hydrogens is 264 g/mol. The first-order chi connectivity index (χ1) is 9.51. The molecule has 1 rings (SSSR count). The van der Waals surface area contributed by atoms with Gasteiger partial charge in [-0.3, -0.25) is 4.79 Å². The van der Waals surface area contributed by atoms with Gasteiger partial charge in [-0.05, 0) is 33.6 Å². The van der Waals surface area contributed by atoms with Crippen molar-refractivity contribution in [2.75, 3.05) is 19.8 Å². The van der Waals surface area contributed by atoms with Gasteiger partial charge in [0, 0.05) is 6.54 Å². The number of alkyl carbamates (subject to hydrolysis) is 1. The standard InChI is InChI=1S/C13H22N2O5/c1-4-19-12(17)10-7-6-8-15(10)11(16)9(3)14-13(18)20-5-2/h9-10H,4-8H2,1-3H3,(H,14,18). The molecule has 1 N–H and O–H groups in total. The highest BCUT2D eigenvalue weighted by atomic mass is 16.5. The molecule has 1 heterocycles. The number of nitrogens with zero attached hydrogens (tertiary/aromatic N) is 1. The van der Waals surface area contributed by atoms with Crippen LogP contribution in [0.4, 0.5) is 4.79 Å². The molecule has 0 radical (unpaired) electrons. The van der Waals surface area contributed by atoms with Gasteiger partial charge in [0.1, 0.15) is 12.1 Å². The average Bonchev–Trinajstić information content (AvgIpc) is 2.87. The van der Waals surface area contributed by atoms with E-state index in [4.69, 9.17) is 9.47 Å². The number of esters is 1. The topological polar surface area (TPSA) is 84.9 Å². The number of rotatable bonds is 5. The summed E-state index contributed by atoms with van der Waals surface area (Å²) in [5, 5.41) is 2.44. The van der Waals surface area contributed by atoms with Gasteiger partial charge in [-0.2, -0.15) is 0 Å². The molecule has 2 unspecified atom stereocenters. The van der Waals surface area contributed by atoms with Crippen LogP contribution in [0.5, 0.6) is 0 Å². The quantitative estimate of drug-likeness (QED) is 0.751. The molecule has 0 saturated carbocycles. The molecule has 114 valence electrons. The predicted octanol–water partition coefficient (Wildman–Crippen LogP) is 0.675. The zero-order chi connectivity index (χ0) is 15.1. The molecule has 2 amide bonds. The van der Waals surface area contributed by atoms with Crippen LogP contribution in [-0.4, -0.2) is 54.7 Å². The lowest BCUT2D eigenvalue weighted by molar-refractivity contribution is -0.153. The highest BCUT2D eigenvalue weighted by Crippen LogP contribution is 2.19. The van der Waals surface area contributed by atoms with Crippen LogP contribution in [0, 0.1) is 0 Å². The summed E-state index contributed by atoms with van der Waals surface area (Å²) in [4.78, 5) is 36.8. The lowest BCUT2D eigenvalue weighted by Gasteiger charge is -2.26. The second kappa shape index (κ2) is 7.72. The van der Waals surface area contributed by atoms with Gasteiger partial charge in [0.2, 0.25) is 5.91 Å². The van der Waals surface area contributed by atoms with E-state index in [1.165, 1.54) is 4.90 Å². The van der Waals surface area contributed by atoms with E-state index in [0.717, 1.165) is 6.42 Å². The van der Waals surface area contributed by atoms with Crippen molar-refractivity contribution in [3.8, 4) is 0 Å². The smallest absolute Gasteiger partial charge is 0.407 e.